The second kappa shape index (κ2) is 6.79. The number of imidazole rings is 1. The van der Waals surface area contributed by atoms with Crippen LogP contribution in [0.2, 0.25) is 0 Å². The number of fused-ring (bicyclic) bond motifs is 2. The Morgan fingerprint density at radius 1 is 1.19 bits per heavy atom. The SMILES string of the molecule is O=C(Nc1ccc(-c2ncc3n2CCCC3)cc1)[C@@]12CCCC[C@H]1CNC2. The Balaban J connectivity index is 1.34. The summed E-state index contributed by atoms with van der Waals surface area (Å²) in [5.74, 6) is 1.73. The van der Waals surface area contributed by atoms with Crippen molar-refractivity contribution in [3.8, 4) is 11.4 Å². The molecule has 2 atom stereocenters. The molecule has 1 saturated carbocycles. The molecule has 1 saturated heterocycles. The molecule has 0 spiro atoms. The van der Waals surface area contributed by atoms with E-state index in [0.29, 0.717) is 5.92 Å². The Labute approximate surface area is 160 Å². The van der Waals surface area contributed by atoms with Crippen LogP contribution in [0.1, 0.15) is 44.2 Å². The van der Waals surface area contributed by atoms with Gasteiger partial charge >= 0.3 is 0 Å². The van der Waals surface area contributed by atoms with E-state index in [9.17, 15) is 4.79 Å². The average Bonchev–Trinajstić information content (AvgIpc) is 3.33. The second-order valence-corrected chi connectivity index (χ2v) is 8.44. The Morgan fingerprint density at radius 3 is 2.96 bits per heavy atom. The van der Waals surface area contributed by atoms with Crippen molar-refractivity contribution < 1.29 is 4.79 Å². The number of aromatic nitrogens is 2. The molecule has 1 aliphatic carbocycles. The molecule has 5 heteroatoms. The van der Waals surface area contributed by atoms with Crippen LogP contribution in [0.4, 0.5) is 5.69 Å². The Hall–Kier alpha value is -2.14. The third-order valence-corrected chi connectivity index (χ3v) is 6.89. The van der Waals surface area contributed by atoms with Gasteiger partial charge in [-0.1, -0.05) is 12.8 Å². The first-order valence-electron chi connectivity index (χ1n) is 10.4. The normalized spacial score (nSPS) is 27.0. The quantitative estimate of drug-likeness (QED) is 0.875. The maximum absolute atomic E-state index is 13.1. The molecule has 0 unspecified atom stereocenters. The van der Waals surface area contributed by atoms with E-state index in [1.165, 1.54) is 31.4 Å². The van der Waals surface area contributed by atoms with Gasteiger partial charge in [0.25, 0.3) is 0 Å². The molecule has 5 nitrogen and oxygen atoms in total. The summed E-state index contributed by atoms with van der Waals surface area (Å²) in [6.07, 6.45) is 10.2. The number of hydrogen-bond acceptors (Lipinski definition) is 3. The van der Waals surface area contributed by atoms with Gasteiger partial charge in [0.15, 0.2) is 0 Å². The summed E-state index contributed by atoms with van der Waals surface area (Å²) in [5.41, 5.74) is 3.14. The first kappa shape index (κ1) is 17.0. The predicted molar refractivity (Wildman–Crippen MR) is 106 cm³/mol. The van der Waals surface area contributed by atoms with Crippen molar-refractivity contribution in [3.05, 3.63) is 36.2 Å². The van der Waals surface area contributed by atoms with Crippen LogP contribution in [0, 0.1) is 11.3 Å². The van der Waals surface area contributed by atoms with E-state index in [0.717, 1.165) is 56.0 Å². The number of nitrogens with zero attached hydrogens (tertiary/aromatic N) is 2. The summed E-state index contributed by atoms with van der Waals surface area (Å²) in [7, 11) is 0. The minimum absolute atomic E-state index is 0.197. The van der Waals surface area contributed by atoms with Gasteiger partial charge in [0.1, 0.15) is 5.82 Å². The smallest absolute Gasteiger partial charge is 0.232 e. The first-order chi connectivity index (χ1) is 13.3. The van der Waals surface area contributed by atoms with Crippen LogP contribution in [-0.2, 0) is 17.8 Å². The number of aryl methyl sites for hydroxylation is 1. The van der Waals surface area contributed by atoms with E-state index >= 15 is 0 Å². The summed E-state index contributed by atoms with van der Waals surface area (Å²) < 4.78 is 2.34. The van der Waals surface area contributed by atoms with Gasteiger partial charge in [-0.05, 0) is 68.8 Å². The molecule has 0 radical (unpaired) electrons. The van der Waals surface area contributed by atoms with E-state index in [2.05, 4.69) is 32.3 Å². The zero-order valence-electron chi connectivity index (χ0n) is 15.8. The van der Waals surface area contributed by atoms with Crippen LogP contribution in [0.3, 0.4) is 0 Å². The minimum Gasteiger partial charge on any atom is -0.328 e. The fraction of sp³-hybridized carbons (Fsp3) is 0.545. The van der Waals surface area contributed by atoms with Crippen LogP contribution in [0.25, 0.3) is 11.4 Å². The van der Waals surface area contributed by atoms with Crippen LogP contribution >= 0.6 is 0 Å². The van der Waals surface area contributed by atoms with Crippen LogP contribution in [0.15, 0.2) is 30.5 Å². The predicted octanol–water partition coefficient (Wildman–Crippen LogP) is 3.60. The summed E-state index contributed by atoms with van der Waals surface area (Å²) in [6.45, 7) is 2.86. The summed E-state index contributed by atoms with van der Waals surface area (Å²) >= 11 is 0. The van der Waals surface area contributed by atoms with E-state index < -0.39 is 0 Å². The Bertz CT molecular complexity index is 840. The van der Waals surface area contributed by atoms with E-state index in [4.69, 9.17) is 0 Å². The molecule has 2 aromatic rings. The van der Waals surface area contributed by atoms with Crippen LogP contribution in [0.5, 0.6) is 0 Å². The largest absolute Gasteiger partial charge is 0.328 e. The molecule has 1 aromatic carbocycles. The number of amides is 1. The highest BCUT2D eigenvalue weighted by Crippen LogP contribution is 2.44. The number of hydrogen-bond donors (Lipinski definition) is 2. The third kappa shape index (κ3) is 2.89. The van der Waals surface area contributed by atoms with Crippen LogP contribution in [-0.4, -0.2) is 28.5 Å². The monoisotopic (exact) mass is 364 g/mol. The molecule has 1 aromatic heterocycles. The lowest BCUT2D eigenvalue weighted by Crippen LogP contribution is -2.44. The topological polar surface area (TPSA) is 59.0 Å². The lowest BCUT2D eigenvalue weighted by Gasteiger charge is -2.37. The lowest BCUT2D eigenvalue weighted by molar-refractivity contribution is -0.128. The van der Waals surface area contributed by atoms with Crippen molar-refractivity contribution >= 4 is 11.6 Å². The highest BCUT2D eigenvalue weighted by molar-refractivity contribution is 5.96. The van der Waals surface area contributed by atoms with E-state index in [-0.39, 0.29) is 11.3 Å². The van der Waals surface area contributed by atoms with Gasteiger partial charge in [0, 0.05) is 36.2 Å². The fourth-order valence-electron chi connectivity index (χ4n) is 5.32. The zero-order valence-corrected chi connectivity index (χ0v) is 15.8. The van der Waals surface area contributed by atoms with E-state index in [1.807, 2.05) is 18.3 Å². The molecule has 2 aliphatic heterocycles. The Morgan fingerprint density at radius 2 is 2.07 bits per heavy atom. The molecule has 142 valence electrons. The molecular formula is C22H28N4O. The van der Waals surface area contributed by atoms with Crippen molar-refractivity contribution in [1.29, 1.82) is 0 Å². The molecule has 5 rings (SSSR count). The molecule has 3 aliphatic rings. The van der Waals surface area contributed by atoms with Gasteiger partial charge < -0.3 is 15.2 Å². The number of benzene rings is 1. The highest BCUT2D eigenvalue weighted by atomic mass is 16.2. The fourth-order valence-corrected chi connectivity index (χ4v) is 5.32. The summed E-state index contributed by atoms with van der Waals surface area (Å²) in [4.78, 5) is 17.8. The standard InChI is InChI=1S/C22H28N4O/c27-21(22-11-3-1-5-17(22)13-23-15-22)25-18-9-7-16(8-10-18)20-24-14-19-6-2-4-12-26(19)20/h7-10,14,17,23H,1-6,11-13,15H2,(H,25,27)/t17-,22+/m0/s1. The number of nitrogens with one attached hydrogen (secondary N) is 2. The number of carbonyl (C=O) groups excluding carboxylic acids is 1. The molecule has 2 N–H and O–H groups in total. The van der Waals surface area contributed by atoms with Crippen molar-refractivity contribution in [3.63, 3.8) is 0 Å². The molecule has 0 bridgehead atoms. The third-order valence-electron chi connectivity index (χ3n) is 6.89. The summed E-state index contributed by atoms with van der Waals surface area (Å²) in [5, 5.41) is 6.66. The van der Waals surface area contributed by atoms with Crippen molar-refractivity contribution in [2.45, 2.75) is 51.5 Å². The molecular weight excluding hydrogens is 336 g/mol. The first-order valence-corrected chi connectivity index (χ1v) is 10.4. The maximum Gasteiger partial charge on any atom is 0.232 e. The molecule has 27 heavy (non-hydrogen) atoms. The summed E-state index contributed by atoms with van der Waals surface area (Å²) in [6, 6.07) is 8.22. The van der Waals surface area contributed by atoms with Gasteiger partial charge in [-0.3, -0.25) is 4.79 Å². The van der Waals surface area contributed by atoms with Gasteiger partial charge in [-0.2, -0.15) is 0 Å². The molecule has 2 fully saturated rings. The zero-order chi connectivity index (χ0) is 18.3. The molecule has 3 heterocycles. The minimum atomic E-state index is -0.209. The van der Waals surface area contributed by atoms with Gasteiger partial charge in [-0.25, -0.2) is 4.98 Å². The number of anilines is 1. The van der Waals surface area contributed by atoms with Gasteiger partial charge in [0.2, 0.25) is 5.91 Å². The van der Waals surface area contributed by atoms with Gasteiger partial charge in [-0.15, -0.1) is 0 Å². The second-order valence-electron chi connectivity index (χ2n) is 8.44. The maximum atomic E-state index is 13.1. The molecule has 1 amide bonds. The van der Waals surface area contributed by atoms with Crippen LogP contribution < -0.4 is 10.6 Å². The number of rotatable bonds is 3. The lowest BCUT2D eigenvalue weighted by atomic mass is 9.67. The average molecular weight is 364 g/mol. The van der Waals surface area contributed by atoms with Crippen molar-refractivity contribution in [2.75, 3.05) is 18.4 Å². The van der Waals surface area contributed by atoms with Crippen molar-refractivity contribution in [2.24, 2.45) is 11.3 Å². The number of carbonyl (C=O) groups is 1. The Kier molecular flexibility index (Phi) is 4.27. The van der Waals surface area contributed by atoms with Gasteiger partial charge in [0.05, 0.1) is 5.41 Å². The van der Waals surface area contributed by atoms with E-state index in [1.54, 1.807) is 0 Å². The highest BCUT2D eigenvalue weighted by Gasteiger charge is 2.49. The van der Waals surface area contributed by atoms with Crippen molar-refractivity contribution in [1.82, 2.24) is 14.9 Å².